The van der Waals surface area contributed by atoms with Crippen molar-refractivity contribution in [1.82, 2.24) is 4.90 Å². The number of benzene rings is 3. The maximum atomic E-state index is 10.2. The predicted molar refractivity (Wildman–Crippen MR) is 153 cm³/mol. The van der Waals surface area contributed by atoms with Crippen LogP contribution in [0.2, 0.25) is 0 Å². The van der Waals surface area contributed by atoms with E-state index in [4.69, 9.17) is 19.9 Å². The second-order valence-corrected chi connectivity index (χ2v) is 9.52. The van der Waals surface area contributed by atoms with E-state index >= 15 is 0 Å². The first-order valence-electron chi connectivity index (χ1n) is 13.3. The van der Waals surface area contributed by atoms with Gasteiger partial charge in [0, 0.05) is 36.3 Å². The van der Waals surface area contributed by atoms with Crippen molar-refractivity contribution in [2.75, 3.05) is 26.3 Å². The molecular weight excluding hydrogens is 486 g/mol. The Kier molecular flexibility index (Phi) is 8.00. The summed E-state index contributed by atoms with van der Waals surface area (Å²) < 4.78 is 18.2. The molecule has 39 heavy (non-hydrogen) atoms. The number of allylic oxidation sites excluding steroid dienone is 1. The molecule has 3 aromatic carbocycles. The minimum atomic E-state index is -0.384. The largest absolute Gasteiger partial charge is 0.494 e. The zero-order valence-corrected chi connectivity index (χ0v) is 22.4. The first-order valence-corrected chi connectivity index (χ1v) is 13.3. The highest BCUT2D eigenvalue weighted by Crippen LogP contribution is 2.46. The van der Waals surface area contributed by atoms with Crippen LogP contribution >= 0.6 is 0 Å². The van der Waals surface area contributed by atoms with Gasteiger partial charge in [-0.1, -0.05) is 66.7 Å². The van der Waals surface area contributed by atoms with Crippen LogP contribution in [0.5, 0.6) is 11.5 Å². The Balaban J connectivity index is 1.67. The molecule has 0 aliphatic carbocycles. The third-order valence-electron chi connectivity index (χ3n) is 6.93. The molecule has 0 saturated carbocycles. The van der Waals surface area contributed by atoms with Crippen molar-refractivity contribution in [2.24, 2.45) is 5.73 Å². The topological polar surface area (TPSA) is 80.7 Å². The maximum Gasteiger partial charge on any atom is 0.205 e. The molecule has 0 spiro atoms. The van der Waals surface area contributed by atoms with E-state index in [1.165, 1.54) is 5.56 Å². The molecule has 0 bridgehead atoms. The average molecular weight is 520 g/mol. The lowest BCUT2D eigenvalue weighted by atomic mass is 9.79. The highest BCUT2D eigenvalue weighted by Gasteiger charge is 2.39. The van der Waals surface area contributed by atoms with Crippen LogP contribution in [-0.2, 0) is 11.3 Å². The van der Waals surface area contributed by atoms with Gasteiger partial charge >= 0.3 is 0 Å². The molecule has 6 nitrogen and oxygen atoms in total. The van der Waals surface area contributed by atoms with Gasteiger partial charge in [-0.05, 0) is 43.2 Å². The van der Waals surface area contributed by atoms with Gasteiger partial charge in [0.15, 0.2) is 0 Å². The first kappa shape index (κ1) is 26.1. The average Bonchev–Trinajstić information content (AvgIpc) is 2.95. The smallest absolute Gasteiger partial charge is 0.205 e. The number of hydrogen-bond donors (Lipinski definition) is 1. The number of ether oxygens (including phenoxy) is 3. The van der Waals surface area contributed by atoms with E-state index in [1.54, 1.807) is 0 Å². The molecule has 6 heteroatoms. The molecular formula is C33H33N3O3. The first-order chi connectivity index (χ1) is 19.1. The van der Waals surface area contributed by atoms with E-state index in [0.29, 0.717) is 31.9 Å². The van der Waals surface area contributed by atoms with Gasteiger partial charge in [0.1, 0.15) is 28.9 Å². The van der Waals surface area contributed by atoms with Gasteiger partial charge in [-0.2, -0.15) is 5.26 Å². The van der Waals surface area contributed by atoms with Gasteiger partial charge in [-0.25, -0.2) is 0 Å². The molecule has 0 saturated heterocycles. The van der Waals surface area contributed by atoms with Crippen LogP contribution < -0.4 is 15.2 Å². The number of nitriles is 1. The zero-order chi connectivity index (χ0) is 27.2. The van der Waals surface area contributed by atoms with E-state index in [-0.39, 0.29) is 11.8 Å². The van der Waals surface area contributed by atoms with Gasteiger partial charge in [-0.3, -0.25) is 4.90 Å². The Morgan fingerprint density at radius 3 is 2.33 bits per heavy atom. The monoisotopic (exact) mass is 519 g/mol. The van der Waals surface area contributed by atoms with E-state index in [9.17, 15) is 5.26 Å². The molecule has 0 amide bonds. The second kappa shape index (κ2) is 11.9. The predicted octanol–water partition coefficient (Wildman–Crippen LogP) is 6.15. The van der Waals surface area contributed by atoms with Crippen molar-refractivity contribution < 1.29 is 14.2 Å². The maximum absolute atomic E-state index is 10.2. The van der Waals surface area contributed by atoms with Crippen molar-refractivity contribution in [3.63, 3.8) is 0 Å². The van der Waals surface area contributed by atoms with Crippen molar-refractivity contribution >= 4 is 6.08 Å². The normalized spacial score (nSPS) is 18.4. The molecule has 1 unspecified atom stereocenters. The van der Waals surface area contributed by atoms with Gasteiger partial charge in [0.2, 0.25) is 5.88 Å². The minimum absolute atomic E-state index is 0.132. The Morgan fingerprint density at radius 2 is 1.59 bits per heavy atom. The third-order valence-corrected chi connectivity index (χ3v) is 6.93. The van der Waals surface area contributed by atoms with Crippen LogP contribution in [0.1, 0.15) is 36.5 Å². The Hall–Kier alpha value is -4.47. The lowest BCUT2D eigenvalue weighted by Crippen LogP contribution is -2.38. The van der Waals surface area contributed by atoms with Gasteiger partial charge < -0.3 is 19.9 Å². The molecule has 2 aliphatic heterocycles. The van der Waals surface area contributed by atoms with Crippen molar-refractivity contribution in [3.8, 4) is 17.6 Å². The molecule has 0 aromatic heterocycles. The summed E-state index contributed by atoms with van der Waals surface area (Å²) in [6.45, 7) is 7.06. The third kappa shape index (κ3) is 5.55. The molecule has 1 atom stereocenters. The van der Waals surface area contributed by atoms with Gasteiger partial charge in [-0.15, -0.1) is 0 Å². The van der Waals surface area contributed by atoms with Crippen LogP contribution in [0.3, 0.4) is 0 Å². The fourth-order valence-electron chi connectivity index (χ4n) is 5.33. The van der Waals surface area contributed by atoms with Crippen molar-refractivity contribution in [1.29, 1.82) is 5.26 Å². The Labute approximate surface area is 230 Å². The van der Waals surface area contributed by atoms with Gasteiger partial charge in [0.25, 0.3) is 0 Å². The fraction of sp³-hybridized carbons (Fsp3) is 0.242. The minimum Gasteiger partial charge on any atom is -0.494 e. The lowest BCUT2D eigenvalue weighted by Gasteiger charge is -2.38. The quantitative estimate of drug-likeness (QED) is 0.385. The number of nitrogens with zero attached hydrogens (tertiary/aromatic N) is 2. The highest BCUT2D eigenvalue weighted by atomic mass is 16.5. The standard InChI is InChI=1S/C33H33N3O3/c1-3-37-29-16-10-8-14-24(29)18-25-21-36(20-23-12-6-5-7-13-23)22-28-31(27(19-34)33(35)39-32(25)28)26-15-9-11-17-30(26)38-4-2/h5-18,31H,3-4,20-22,35H2,1-2H3/b25-18+. The van der Waals surface area contributed by atoms with Crippen molar-refractivity contribution in [3.05, 3.63) is 124 Å². The van der Waals surface area contributed by atoms with Crippen LogP contribution in [0, 0.1) is 11.3 Å². The van der Waals surface area contributed by atoms with E-state index < -0.39 is 0 Å². The highest BCUT2D eigenvalue weighted by molar-refractivity contribution is 5.67. The fourth-order valence-corrected chi connectivity index (χ4v) is 5.33. The molecule has 3 aromatic rings. The van der Waals surface area contributed by atoms with Crippen LogP contribution in [-0.4, -0.2) is 31.2 Å². The summed E-state index contributed by atoms with van der Waals surface area (Å²) in [5, 5.41) is 10.2. The Morgan fingerprint density at radius 1 is 0.923 bits per heavy atom. The molecule has 5 rings (SSSR count). The summed E-state index contributed by atoms with van der Waals surface area (Å²) in [6.07, 6.45) is 2.12. The summed E-state index contributed by atoms with van der Waals surface area (Å²) in [5.74, 6) is 2.02. The van der Waals surface area contributed by atoms with Crippen LogP contribution in [0.15, 0.2) is 107 Å². The summed E-state index contributed by atoms with van der Waals surface area (Å²) in [4.78, 5) is 2.37. The molecule has 2 aliphatic rings. The Bertz CT molecular complexity index is 1470. The molecule has 2 heterocycles. The van der Waals surface area contributed by atoms with Crippen molar-refractivity contribution in [2.45, 2.75) is 26.3 Å². The zero-order valence-electron chi connectivity index (χ0n) is 22.4. The molecule has 2 N–H and O–H groups in total. The summed E-state index contributed by atoms with van der Waals surface area (Å²) in [7, 11) is 0. The van der Waals surface area contributed by atoms with Gasteiger partial charge in [0.05, 0.1) is 19.1 Å². The molecule has 198 valence electrons. The van der Waals surface area contributed by atoms with E-state index in [0.717, 1.165) is 46.1 Å². The lowest BCUT2D eigenvalue weighted by molar-refractivity contribution is 0.229. The summed E-state index contributed by atoms with van der Waals surface area (Å²) in [6, 6.07) is 28.6. The number of hydrogen-bond acceptors (Lipinski definition) is 6. The number of rotatable bonds is 8. The SMILES string of the molecule is CCOc1ccccc1/C=C1\CN(Cc2ccccc2)CC2=C1OC(N)=C(C#N)C2c1ccccc1OCC. The second-order valence-electron chi connectivity index (χ2n) is 9.52. The van der Waals surface area contributed by atoms with E-state index in [1.807, 2.05) is 68.4 Å². The van der Waals surface area contributed by atoms with E-state index in [2.05, 4.69) is 41.3 Å². The van der Waals surface area contributed by atoms with Crippen LogP contribution in [0.4, 0.5) is 0 Å². The number of para-hydroxylation sites is 2. The molecule has 0 radical (unpaired) electrons. The molecule has 0 fully saturated rings. The summed E-state index contributed by atoms with van der Waals surface area (Å²) >= 11 is 0. The summed E-state index contributed by atoms with van der Waals surface area (Å²) in [5.41, 5.74) is 11.9. The van der Waals surface area contributed by atoms with Crippen LogP contribution in [0.25, 0.3) is 6.08 Å². The number of nitrogens with two attached hydrogens (primary N) is 1.